The molecule has 0 fully saturated rings. The van der Waals surface area contributed by atoms with Crippen LogP contribution in [-0.2, 0) is 0 Å². The molecule has 27 heavy (non-hydrogen) atoms. The number of carbonyl (C=O) groups excluding carboxylic acids is 1. The molecular formula is C18H15F4N3O2. The molecule has 142 valence electrons. The lowest BCUT2D eigenvalue weighted by Crippen LogP contribution is -2.15. The highest BCUT2D eigenvalue weighted by Gasteiger charge is 2.30. The summed E-state index contributed by atoms with van der Waals surface area (Å²) in [5.74, 6) is -8.05. The summed E-state index contributed by atoms with van der Waals surface area (Å²) in [6.45, 7) is 3.03. The summed E-state index contributed by atoms with van der Waals surface area (Å²) < 4.78 is 61.8. The molecule has 0 aliphatic rings. The largest absolute Gasteiger partial charge is 0.492 e. The fourth-order valence-corrected chi connectivity index (χ4v) is 2.59. The van der Waals surface area contributed by atoms with Crippen LogP contribution in [-0.4, -0.2) is 27.6 Å². The molecule has 0 amide bonds. The molecule has 0 saturated heterocycles. The first-order valence-electron chi connectivity index (χ1n) is 8.21. The molecule has 2 heterocycles. The molecular weight excluding hydrogens is 366 g/mol. The van der Waals surface area contributed by atoms with Crippen LogP contribution in [0.5, 0.6) is 5.75 Å². The van der Waals surface area contributed by atoms with Gasteiger partial charge in [-0.2, -0.15) is 5.10 Å². The molecule has 1 N–H and O–H groups in total. The van der Waals surface area contributed by atoms with Gasteiger partial charge in [0.2, 0.25) is 5.78 Å². The van der Waals surface area contributed by atoms with Gasteiger partial charge in [-0.15, -0.1) is 0 Å². The molecule has 0 aliphatic carbocycles. The zero-order valence-electron chi connectivity index (χ0n) is 14.5. The first-order valence-corrected chi connectivity index (χ1v) is 8.21. The molecule has 0 spiro atoms. The van der Waals surface area contributed by atoms with Gasteiger partial charge < -0.3 is 4.74 Å². The van der Waals surface area contributed by atoms with Gasteiger partial charge in [0.25, 0.3) is 0 Å². The first kappa shape index (κ1) is 18.8. The highest BCUT2D eigenvalue weighted by molar-refractivity contribution is 6.13. The van der Waals surface area contributed by atoms with E-state index in [1.54, 1.807) is 0 Å². The van der Waals surface area contributed by atoms with E-state index in [2.05, 4.69) is 15.2 Å². The summed E-state index contributed by atoms with van der Waals surface area (Å²) in [4.78, 5) is 16.7. The zero-order chi connectivity index (χ0) is 19.7. The molecule has 0 saturated carbocycles. The average Bonchev–Trinajstić information content (AvgIpc) is 3.14. The van der Waals surface area contributed by atoms with Crippen molar-refractivity contribution in [2.75, 3.05) is 6.61 Å². The summed E-state index contributed by atoms with van der Waals surface area (Å²) in [5, 5.41) is 6.72. The van der Waals surface area contributed by atoms with E-state index in [4.69, 9.17) is 4.74 Å². The Bertz CT molecular complexity index is 1000. The highest BCUT2D eigenvalue weighted by Crippen LogP contribution is 2.32. The van der Waals surface area contributed by atoms with Gasteiger partial charge in [-0.05, 0) is 13.3 Å². The molecule has 5 nitrogen and oxygen atoms in total. The van der Waals surface area contributed by atoms with Gasteiger partial charge in [0.05, 0.1) is 17.6 Å². The number of benzene rings is 1. The molecule has 1 aromatic carbocycles. The summed E-state index contributed by atoms with van der Waals surface area (Å²) in [5.41, 5.74) is -2.27. The zero-order valence-corrected chi connectivity index (χ0v) is 14.5. The number of hydrogen-bond acceptors (Lipinski definition) is 4. The average molecular weight is 381 g/mol. The number of aromatic amines is 1. The van der Waals surface area contributed by atoms with E-state index < -0.39 is 40.2 Å². The van der Waals surface area contributed by atoms with Crippen LogP contribution in [0.25, 0.3) is 11.0 Å². The number of nitrogens with zero attached hydrogens (tertiary/aromatic N) is 2. The summed E-state index contributed by atoms with van der Waals surface area (Å²) in [7, 11) is 0. The quantitative estimate of drug-likeness (QED) is 0.300. The van der Waals surface area contributed by atoms with Crippen LogP contribution in [0.15, 0.2) is 12.4 Å². The lowest BCUT2D eigenvalue weighted by Gasteiger charge is -2.13. The van der Waals surface area contributed by atoms with Crippen LogP contribution in [0.3, 0.4) is 0 Å². The summed E-state index contributed by atoms with van der Waals surface area (Å²) in [6.07, 6.45) is 3.89. The number of aromatic nitrogens is 3. The van der Waals surface area contributed by atoms with E-state index in [-0.39, 0.29) is 23.6 Å². The van der Waals surface area contributed by atoms with E-state index in [1.807, 2.05) is 6.92 Å². The standard InChI is InChI=1S/C18H15F4N3O2/c1-3-4-5-27-17-9(6-23-18-10(17)7-24-25-18)16(26)11-14(21)12(19)8(2)13(20)15(11)22/h6-7H,3-5H2,1-2H3,(H,23,24,25). The van der Waals surface area contributed by atoms with Crippen molar-refractivity contribution in [3.05, 3.63) is 52.4 Å². The number of carbonyl (C=O) groups is 1. The van der Waals surface area contributed by atoms with Gasteiger partial charge in [-0.1, -0.05) is 13.3 Å². The maximum Gasteiger partial charge on any atom is 0.204 e. The predicted octanol–water partition coefficient (Wildman–Crippen LogP) is 4.23. The minimum Gasteiger partial charge on any atom is -0.492 e. The van der Waals surface area contributed by atoms with Gasteiger partial charge in [0, 0.05) is 18.0 Å². The van der Waals surface area contributed by atoms with Crippen molar-refractivity contribution < 1.29 is 27.1 Å². The van der Waals surface area contributed by atoms with Crippen LogP contribution < -0.4 is 4.74 Å². The topological polar surface area (TPSA) is 67.9 Å². The van der Waals surface area contributed by atoms with Gasteiger partial charge in [0.15, 0.2) is 28.9 Å². The Morgan fingerprint density at radius 2 is 1.81 bits per heavy atom. The maximum atomic E-state index is 14.2. The number of H-pyrrole nitrogens is 1. The second kappa shape index (κ2) is 7.34. The maximum absolute atomic E-state index is 14.2. The van der Waals surface area contributed by atoms with Crippen molar-refractivity contribution in [2.24, 2.45) is 0 Å². The predicted molar refractivity (Wildman–Crippen MR) is 88.7 cm³/mol. The van der Waals surface area contributed by atoms with Crippen LogP contribution in [0.2, 0.25) is 0 Å². The lowest BCUT2D eigenvalue weighted by atomic mass is 9.99. The number of unbranched alkanes of at least 4 members (excludes halogenated alkanes) is 1. The third kappa shape index (κ3) is 3.13. The molecule has 3 rings (SSSR count). The number of fused-ring (bicyclic) bond motifs is 1. The molecule has 0 radical (unpaired) electrons. The Hall–Kier alpha value is -2.97. The molecule has 0 unspecified atom stereocenters. The fourth-order valence-electron chi connectivity index (χ4n) is 2.59. The normalized spacial score (nSPS) is 11.2. The van der Waals surface area contributed by atoms with E-state index in [9.17, 15) is 22.4 Å². The van der Waals surface area contributed by atoms with Gasteiger partial charge >= 0.3 is 0 Å². The number of halogens is 4. The van der Waals surface area contributed by atoms with E-state index >= 15 is 0 Å². The summed E-state index contributed by atoms with van der Waals surface area (Å²) in [6, 6.07) is 0. The monoisotopic (exact) mass is 381 g/mol. The third-order valence-corrected chi connectivity index (χ3v) is 4.12. The molecule has 0 aliphatic heterocycles. The van der Waals surface area contributed by atoms with Gasteiger partial charge in [-0.25, -0.2) is 22.5 Å². The second-order valence-corrected chi connectivity index (χ2v) is 5.91. The van der Waals surface area contributed by atoms with Crippen LogP contribution in [0, 0.1) is 30.2 Å². The van der Waals surface area contributed by atoms with Crippen molar-refractivity contribution in [2.45, 2.75) is 26.7 Å². The molecule has 0 bridgehead atoms. The second-order valence-electron chi connectivity index (χ2n) is 5.91. The number of ether oxygens (including phenoxy) is 1. The van der Waals surface area contributed by atoms with Crippen LogP contribution in [0.4, 0.5) is 17.6 Å². The van der Waals surface area contributed by atoms with Crippen molar-refractivity contribution in [1.29, 1.82) is 0 Å². The Kier molecular flexibility index (Phi) is 5.11. The highest BCUT2D eigenvalue weighted by atomic mass is 19.2. The smallest absolute Gasteiger partial charge is 0.204 e. The van der Waals surface area contributed by atoms with E-state index in [0.29, 0.717) is 11.8 Å². The number of nitrogens with one attached hydrogen (secondary N) is 1. The number of pyridine rings is 1. The van der Waals surface area contributed by atoms with Crippen molar-refractivity contribution >= 4 is 16.8 Å². The van der Waals surface area contributed by atoms with Gasteiger partial charge in [0.1, 0.15) is 11.3 Å². The van der Waals surface area contributed by atoms with Gasteiger partial charge in [-0.3, -0.25) is 9.89 Å². The molecule has 9 heteroatoms. The van der Waals surface area contributed by atoms with Crippen molar-refractivity contribution in [1.82, 2.24) is 15.2 Å². The van der Waals surface area contributed by atoms with E-state index in [1.165, 1.54) is 6.20 Å². The Labute approximate surface area is 151 Å². The minimum atomic E-state index is -1.76. The lowest BCUT2D eigenvalue weighted by molar-refractivity contribution is 0.102. The van der Waals surface area contributed by atoms with Crippen molar-refractivity contribution in [3.63, 3.8) is 0 Å². The Morgan fingerprint density at radius 3 is 2.44 bits per heavy atom. The van der Waals surface area contributed by atoms with E-state index in [0.717, 1.165) is 19.5 Å². The molecule has 3 aromatic rings. The molecule has 0 atom stereocenters. The minimum absolute atomic E-state index is 0.00705. The Morgan fingerprint density at radius 1 is 1.15 bits per heavy atom. The molecule has 2 aromatic heterocycles. The Balaban J connectivity index is 2.18. The van der Waals surface area contributed by atoms with Crippen LogP contribution >= 0.6 is 0 Å². The summed E-state index contributed by atoms with van der Waals surface area (Å²) >= 11 is 0. The van der Waals surface area contributed by atoms with Crippen LogP contribution in [0.1, 0.15) is 41.3 Å². The number of rotatable bonds is 6. The SMILES string of the molecule is CCCCOc1c(C(=O)c2c(F)c(F)c(C)c(F)c2F)cnc2n[nH]cc12. The fraction of sp³-hybridized carbons (Fsp3) is 0.278. The van der Waals surface area contributed by atoms with Crippen molar-refractivity contribution in [3.8, 4) is 5.75 Å². The first-order chi connectivity index (χ1) is 12.9. The number of hydrogen-bond donors (Lipinski definition) is 1. The number of ketones is 1. The third-order valence-electron chi connectivity index (χ3n) is 4.12.